The summed E-state index contributed by atoms with van der Waals surface area (Å²) in [6.45, 7) is 8.25. The molecule has 3 aromatic rings. The first-order valence-electron chi connectivity index (χ1n) is 11.2. The molecule has 0 saturated carbocycles. The highest BCUT2D eigenvalue weighted by atomic mass is 16.5. The zero-order valence-electron chi connectivity index (χ0n) is 20.0. The minimum Gasteiger partial charge on any atom is -0.493 e. The van der Waals surface area contributed by atoms with Gasteiger partial charge in [0.2, 0.25) is 0 Å². The van der Waals surface area contributed by atoms with Crippen molar-refractivity contribution in [2.24, 2.45) is 0 Å². The Kier molecular flexibility index (Phi) is 6.86. The fourth-order valence-corrected chi connectivity index (χ4v) is 4.04. The Hall–Kier alpha value is -3.81. The minimum atomic E-state index is -0.0397. The van der Waals surface area contributed by atoms with Gasteiger partial charge < -0.3 is 23.8 Å². The van der Waals surface area contributed by atoms with Crippen molar-refractivity contribution >= 4 is 17.4 Å². The predicted molar refractivity (Wildman–Crippen MR) is 128 cm³/mol. The molecular formula is C26H29N3O5. The van der Waals surface area contributed by atoms with Crippen LogP contribution in [0.5, 0.6) is 11.5 Å². The number of ketones is 1. The summed E-state index contributed by atoms with van der Waals surface area (Å²) in [4.78, 5) is 28.7. The number of Topliss-reactive ketones (excluding diaryl/α,β-unsaturated/α-hetero) is 1. The topological polar surface area (TPSA) is 85.1 Å². The fourth-order valence-electron chi connectivity index (χ4n) is 4.04. The van der Waals surface area contributed by atoms with Crippen LogP contribution < -0.4 is 14.4 Å². The summed E-state index contributed by atoms with van der Waals surface area (Å²) in [7, 11) is 1.56. The van der Waals surface area contributed by atoms with E-state index in [0.29, 0.717) is 42.3 Å². The first-order chi connectivity index (χ1) is 16.4. The number of methoxy groups -OCH3 is 1. The highest BCUT2D eigenvalue weighted by Gasteiger charge is 2.23. The van der Waals surface area contributed by atoms with E-state index in [9.17, 15) is 9.59 Å². The molecule has 178 valence electrons. The largest absolute Gasteiger partial charge is 0.493 e. The van der Waals surface area contributed by atoms with Crippen LogP contribution in [-0.4, -0.2) is 55.0 Å². The summed E-state index contributed by atoms with van der Waals surface area (Å²) in [5, 5.41) is 3.94. The van der Waals surface area contributed by atoms with E-state index in [2.05, 4.69) is 10.1 Å². The van der Waals surface area contributed by atoms with Gasteiger partial charge in [0.15, 0.2) is 17.3 Å². The highest BCUT2D eigenvalue weighted by Crippen LogP contribution is 2.30. The molecule has 1 fully saturated rings. The summed E-state index contributed by atoms with van der Waals surface area (Å²) >= 11 is 0. The number of carbonyl (C=O) groups is 2. The molecule has 2 heterocycles. The number of aryl methyl sites for hydroxylation is 2. The second-order valence-corrected chi connectivity index (χ2v) is 8.34. The predicted octanol–water partition coefficient (Wildman–Crippen LogP) is 4.04. The van der Waals surface area contributed by atoms with Crippen LogP contribution in [0.3, 0.4) is 0 Å². The van der Waals surface area contributed by atoms with Crippen LogP contribution in [0.2, 0.25) is 0 Å². The third-order valence-corrected chi connectivity index (χ3v) is 6.17. The van der Waals surface area contributed by atoms with Crippen LogP contribution in [0.15, 0.2) is 47.0 Å². The van der Waals surface area contributed by atoms with E-state index in [1.54, 1.807) is 32.2 Å². The number of nitrogens with zero attached hydrogens (tertiary/aromatic N) is 3. The Morgan fingerprint density at radius 2 is 1.65 bits per heavy atom. The van der Waals surface area contributed by atoms with E-state index >= 15 is 0 Å². The summed E-state index contributed by atoms with van der Waals surface area (Å²) in [5.74, 6) is 1.79. The molecule has 0 N–H and O–H groups in total. The van der Waals surface area contributed by atoms with Crippen LogP contribution in [0, 0.1) is 13.8 Å². The van der Waals surface area contributed by atoms with Crippen LogP contribution in [0.25, 0.3) is 0 Å². The lowest BCUT2D eigenvalue weighted by Gasteiger charge is -2.36. The number of anilines is 1. The van der Waals surface area contributed by atoms with Crippen LogP contribution in [0.4, 0.5) is 5.69 Å². The quantitative estimate of drug-likeness (QED) is 0.489. The molecule has 0 atom stereocenters. The molecule has 0 radical (unpaired) electrons. The van der Waals surface area contributed by atoms with Gasteiger partial charge in [-0.25, -0.2) is 0 Å². The summed E-state index contributed by atoms with van der Waals surface area (Å²) < 4.78 is 16.6. The Balaban J connectivity index is 1.38. The molecule has 8 nitrogen and oxygen atoms in total. The average molecular weight is 464 g/mol. The molecule has 1 saturated heterocycles. The first kappa shape index (κ1) is 23.4. The molecule has 1 aromatic heterocycles. The zero-order valence-corrected chi connectivity index (χ0v) is 20.0. The molecule has 0 aliphatic carbocycles. The normalized spacial score (nSPS) is 13.6. The number of rotatable bonds is 7. The maximum atomic E-state index is 13.1. The number of piperazine rings is 1. The van der Waals surface area contributed by atoms with Gasteiger partial charge in [0.1, 0.15) is 12.4 Å². The summed E-state index contributed by atoms with van der Waals surface area (Å²) in [6, 6.07) is 12.9. The lowest BCUT2D eigenvalue weighted by molar-refractivity contribution is 0.0746. The minimum absolute atomic E-state index is 0.0397. The van der Waals surface area contributed by atoms with Gasteiger partial charge in [-0.05, 0) is 63.2 Å². The molecule has 0 spiro atoms. The van der Waals surface area contributed by atoms with Crippen LogP contribution in [-0.2, 0) is 6.61 Å². The standard InChI is InChI=1S/C26H29N3O5/c1-17-23(19(3)34-27-17)16-33-24-10-7-21(15-25(24)32-4)26(31)29-13-11-28(12-14-29)22-8-5-20(6-9-22)18(2)30/h5-10,15H,11-14,16H2,1-4H3. The molecule has 1 aliphatic heterocycles. The molecule has 1 aliphatic rings. The molecule has 8 heteroatoms. The average Bonchev–Trinajstić information content (AvgIpc) is 3.19. The third-order valence-electron chi connectivity index (χ3n) is 6.17. The van der Waals surface area contributed by atoms with Gasteiger partial charge in [0, 0.05) is 43.0 Å². The molecule has 34 heavy (non-hydrogen) atoms. The van der Waals surface area contributed by atoms with Gasteiger partial charge in [0.05, 0.1) is 18.4 Å². The van der Waals surface area contributed by atoms with Crippen molar-refractivity contribution in [3.8, 4) is 11.5 Å². The number of hydrogen-bond acceptors (Lipinski definition) is 7. The number of aromatic nitrogens is 1. The maximum absolute atomic E-state index is 13.1. The Morgan fingerprint density at radius 3 is 2.24 bits per heavy atom. The monoisotopic (exact) mass is 463 g/mol. The van der Waals surface area contributed by atoms with E-state index in [-0.39, 0.29) is 11.7 Å². The number of amides is 1. The van der Waals surface area contributed by atoms with Crippen molar-refractivity contribution in [3.05, 3.63) is 70.6 Å². The lowest BCUT2D eigenvalue weighted by Crippen LogP contribution is -2.48. The van der Waals surface area contributed by atoms with Crippen LogP contribution in [0.1, 0.15) is 44.7 Å². The first-order valence-corrected chi connectivity index (χ1v) is 11.2. The molecule has 4 rings (SSSR count). The highest BCUT2D eigenvalue weighted by molar-refractivity contribution is 5.95. The molecule has 1 amide bonds. The van der Waals surface area contributed by atoms with E-state index in [1.807, 2.05) is 43.0 Å². The molecular weight excluding hydrogens is 434 g/mol. The summed E-state index contributed by atoms with van der Waals surface area (Å²) in [5.41, 5.74) is 4.00. The van der Waals surface area contributed by atoms with Crippen molar-refractivity contribution in [1.29, 1.82) is 0 Å². The second-order valence-electron chi connectivity index (χ2n) is 8.34. The zero-order chi connectivity index (χ0) is 24.2. The Bertz CT molecular complexity index is 1160. The maximum Gasteiger partial charge on any atom is 0.254 e. The van der Waals surface area contributed by atoms with E-state index in [4.69, 9.17) is 14.0 Å². The number of benzene rings is 2. The van der Waals surface area contributed by atoms with E-state index < -0.39 is 0 Å². The lowest BCUT2D eigenvalue weighted by atomic mass is 10.1. The van der Waals surface area contributed by atoms with Crippen molar-refractivity contribution < 1.29 is 23.6 Å². The van der Waals surface area contributed by atoms with Crippen LogP contribution >= 0.6 is 0 Å². The van der Waals surface area contributed by atoms with E-state index in [0.717, 1.165) is 35.8 Å². The SMILES string of the molecule is COc1cc(C(=O)N2CCN(c3ccc(C(C)=O)cc3)CC2)ccc1OCc1c(C)noc1C. The van der Waals surface area contributed by atoms with Gasteiger partial charge in [-0.2, -0.15) is 0 Å². The number of ether oxygens (including phenoxy) is 2. The second kappa shape index (κ2) is 9.99. The van der Waals surface area contributed by atoms with Gasteiger partial charge in [-0.1, -0.05) is 5.16 Å². The van der Waals surface area contributed by atoms with Gasteiger partial charge >= 0.3 is 0 Å². The smallest absolute Gasteiger partial charge is 0.254 e. The Morgan fingerprint density at radius 1 is 0.971 bits per heavy atom. The number of carbonyl (C=O) groups excluding carboxylic acids is 2. The van der Waals surface area contributed by atoms with Crippen molar-refractivity contribution in [1.82, 2.24) is 10.1 Å². The fraction of sp³-hybridized carbons (Fsp3) is 0.346. The van der Waals surface area contributed by atoms with Crippen molar-refractivity contribution in [3.63, 3.8) is 0 Å². The van der Waals surface area contributed by atoms with E-state index in [1.165, 1.54) is 0 Å². The molecule has 2 aromatic carbocycles. The van der Waals surface area contributed by atoms with Gasteiger partial charge in [0.25, 0.3) is 5.91 Å². The number of hydrogen-bond donors (Lipinski definition) is 0. The van der Waals surface area contributed by atoms with Gasteiger partial charge in [-0.15, -0.1) is 0 Å². The molecule has 0 bridgehead atoms. The Labute approximate surface area is 199 Å². The van der Waals surface area contributed by atoms with Gasteiger partial charge in [-0.3, -0.25) is 9.59 Å². The van der Waals surface area contributed by atoms with Crippen molar-refractivity contribution in [2.45, 2.75) is 27.4 Å². The third kappa shape index (κ3) is 4.90. The summed E-state index contributed by atoms with van der Waals surface area (Å²) in [6.07, 6.45) is 0. The molecule has 0 unspecified atom stereocenters. The van der Waals surface area contributed by atoms with Crippen molar-refractivity contribution in [2.75, 3.05) is 38.2 Å².